The van der Waals surface area contributed by atoms with Crippen molar-refractivity contribution >= 4 is 23.2 Å². The second-order valence-corrected chi connectivity index (χ2v) is 6.25. The molecule has 0 atom stereocenters. The molecule has 2 heterocycles. The second kappa shape index (κ2) is 7.61. The van der Waals surface area contributed by atoms with E-state index in [1.54, 1.807) is 41.3 Å². The first-order chi connectivity index (χ1) is 12.5. The number of carbonyl (C=O) groups excluding carboxylic acids is 1. The maximum absolute atomic E-state index is 12.6. The maximum Gasteiger partial charge on any atom is 0.259 e. The first-order valence-electron chi connectivity index (χ1n) is 8.24. The standard InChI is InChI=1S/C18H20ClN5O2/c1-4-24-13(3)17(12(2)22-24)18(25)21-15-9-20-23(10-15)11-26-16-7-5-14(19)6-8-16/h5-10H,4,11H2,1-3H3,(H,21,25). The molecule has 0 fully saturated rings. The summed E-state index contributed by atoms with van der Waals surface area (Å²) in [4.78, 5) is 12.6. The number of nitrogens with one attached hydrogen (secondary N) is 1. The van der Waals surface area contributed by atoms with Crippen LogP contribution in [-0.2, 0) is 13.3 Å². The smallest absolute Gasteiger partial charge is 0.259 e. The lowest BCUT2D eigenvalue weighted by atomic mass is 10.2. The summed E-state index contributed by atoms with van der Waals surface area (Å²) in [6, 6.07) is 7.08. The quantitative estimate of drug-likeness (QED) is 0.715. The van der Waals surface area contributed by atoms with E-state index in [0.29, 0.717) is 27.7 Å². The van der Waals surface area contributed by atoms with Gasteiger partial charge >= 0.3 is 0 Å². The molecule has 0 saturated carbocycles. The molecule has 0 unspecified atom stereocenters. The van der Waals surface area contributed by atoms with Crippen LogP contribution in [0.3, 0.4) is 0 Å². The molecular formula is C18H20ClN5O2. The Balaban J connectivity index is 1.64. The van der Waals surface area contributed by atoms with Crippen molar-refractivity contribution in [3.8, 4) is 5.75 Å². The SMILES string of the molecule is CCn1nc(C)c(C(=O)Nc2cnn(COc3ccc(Cl)cc3)c2)c1C. The van der Waals surface area contributed by atoms with Crippen LogP contribution in [-0.4, -0.2) is 25.5 Å². The van der Waals surface area contributed by atoms with Crippen LogP contribution in [0.4, 0.5) is 5.69 Å². The van der Waals surface area contributed by atoms with Gasteiger partial charge < -0.3 is 10.1 Å². The van der Waals surface area contributed by atoms with E-state index in [1.165, 1.54) is 0 Å². The van der Waals surface area contributed by atoms with Crippen LogP contribution in [0.15, 0.2) is 36.7 Å². The molecule has 0 aliphatic rings. The summed E-state index contributed by atoms with van der Waals surface area (Å²) in [5.41, 5.74) is 2.75. The number of hydrogen-bond donors (Lipinski definition) is 1. The van der Waals surface area contributed by atoms with Crippen molar-refractivity contribution in [1.29, 1.82) is 0 Å². The van der Waals surface area contributed by atoms with Crippen LogP contribution < -0.4 is 10.1 Å². The van der Waals surface area contributed by atoms with Crippen LogP contribution in [0, 0.1) is 13.8 Å². The molecular weight excluding hydrogens is 354 g/mol. The minimum absolute atomic E-state index is 0.196. The number of rotatable bonds is 6. The number of hydrogen-bond acceptors (Lipinski definition) is 4. The molecule has 3 aromatic rings. The molecule has 0 spiro atoms. The predicted octanol–water partition coefficient (Wildman–Crippen LogP) is 3.66. The summed E-state index contributed by atoms with van der Waals surface area (Å²) < 4.78 is 9.03. The molecule has 1 N–H and O–H groups in total. The van der Waals surface area contributed by atoms with Gasteiger partial charge in [0.05, 0.1) is 29.3 Å². The van der Waals surface area contributed by atoms with E-state index in [-0.39, 0.29) is 12.6 Å². The summed E-state index contributed by atoms with van der Waals surface area (Å²) in [6.07, 6.45) is 3.29. The van der Waals surface area contributed by atoms with Gasteiger partial charge in [0.1, 0.15) is 5.75 Å². The molecule has 0 bridgehead atoms. The van der Waals surface area contributed by atoms with Crippen LogP contribution in [0.1, 0.15) is 28.7 Å². The molecule has 136 valence electrons. The molecule has 1 aromatic carbocycles. The second-order valence-electron chi connectivity index (χ2n) is 5.81. The highest BCUT2D eigenvalue weighted by Gasteiger charge is 2.18. The number of amides is 1. The van der Waals surface area contributed by atoms with Crippen molar-refractivity contribution in [1.82, 2.24) is 19.6 Å². The Morgan fingerprint density at radius 3 is 2.65 bits per heavy atom. The van der Waals surface area contributed by atoms with Crippen LogP contribution >= 0.6 is 11.6 Å². The molecule has 0 saturated heterocycles. The summed E-state index contributed by atoms with van der Waals surface area (Å²) in [5, 5.41) is 12.1. The Labute approximate surface area is 156 Å². The monoisotopic (exact) mass is 373 g/mol. The number of benzene rings is 1. The maximum atomic E-state index is 12.6. The summed E-state index contributed by atoms with van der Waals surface area (Å²) in [6.45, 7) is 6.66. The van der Waals surface area contributed by atoms with Gasteiger partial charge in [-0.05, 0) is 45.0 Å². The molecule has 26 heavy (non-hydrogen) atoms. The zero-order valence-corrected chi connectivity index (χ0v) is 15.6. The Kier molecular flexibility index (Phi) is 5.27. The Morgan fingerprint density at radius 2 is 2.00 bits per heavy atom. The highest BCUT2D eigenvalue weighted by atomic mass is 35.5. The molecule has 0 radical (unpaired) electrons. The first-order valence-corrected chi connectivity index (χ1v) is 8.62. The van der Waals surface area contributed by atoms with Gasteiger partial charge in [0, 0.05) is 17.3 Å². The van der Waals surface area contributed by atoms with E-state index in [2.05, 4.69) is 15.5 Å². The molecule has 8 heteroatoms. The number of carbonyl (C=O) groups is 1. The minimum Gasteiger partial charge on any atom is -0.471 e. The third kappa shape index (κ3) is 3.88. The van der Waals surface area contributed by atoms with Crippen molar-refractivity contribution in [3.05, 3.63) is 58.6 Å². The number of anilines is 1. The largest absolute Gasteiger partial charge is 0.471 e. The number of aromatic nitrogens is 4. The summed E-state index contributed by atoms with van der Waals surface area (Å²) >= 11 is 5.84. The fourth-order valence-electron chi connectivity index (χ4n) is 2.70. The Morgan fingerprint density at radius 1 is 1.27 bits per heavy atom. The van der Waals surface area contributed by atoms with Crippen molar-refractivity contribution in [3.63, 3.8) is 0 Å². The molecule has 0 aliphatic heterocycles. The predicted molar refractivity (Wildman–Crippen MR) is 99.6 cm³/mol. The van der Waals surface area contributed by atoms with E-state index >= 15 is 0 Å². The number of aryl methyl sites for hydroxylation is 2. The van der Waals surface area contributed by atoms with E-state index < -0.39 is 0 Å². The van der Waals surface area contributed by atoms with E-state index in [1.807, 2.05) is 25.5 Å². The van der Waals surface area contributed by atoms with Gasteiger partial charge in [0.2, 0.25) is 0 Å². The third-order valence-electron chi connectivity index (χ3n) is 3.98. The Bertz CT molecular complexity index is 914. The molecule has 3 rings (SSSR count). The van der Waals surface area contributed by atoms with Crippen molar-refractivity contribution < 1.29 is 9.53 Å². The average molecular weight is 374 g/mol. The molecule has 1 amide bonds. The van der Waals surface area contributed by atoms with Crippen LogP contribution in [0.5, 0.6) is 5.75 Å². The van der Waals surface area contributed by atoms with E-state index in [4.69, 9.17) is 16.3 Å². The lowest BCUT2D eigenvalue weighted by molar-refractivity contribution is 0.102. The van der Waals surface area contributed by atoms with Gasteiger partial charge in [-0.15, -0.1) is 0 Å². The fraction of sp³-hybridized carbons (Fsp3) is 0.278. The third-order valence-corrected chi connectivity index (χ3v) is 4.23. The van der Waals surface area contributed by atoms with Gasteiger partial charge in [0.15, 0.2) is 6.73 Å². The fourth-order valence-corrected chi connectivity index (χ4v) is 2.82. The molecule has 0 aliphatic carbocycles. The van der Waals surface area contributed by atoms with Gasteiger partial charge in [-0.2, -0.15) is 10.2 Å². The molecule has 2 aromatic heterocycles. The zero-order chi connectivity index (χ0) is 18.7. The first kappa shape index (κ1) is 18.0. The van der Waals surface area contributed by atoms with E-state index in [0.717, 1.165) is 12.2 Å². The topological polar surface area (TPSA) is 74.0 Å². The summed E-state index contributed by atoms with van der Waals surface area (Å²) in [5.74, 6) is 0.492. The highest BCUT2D eigenvalue weighted by molar-refractivity contribution is 6.30. The number of halogens is 1. The van der Waals surface area contributed by atoms with Crippen LogP contribution in [0.2, 0.25) is 5.02 Å². The lowest BCUT2D eigenvalue weighted by Gasteiger charge is -2.06. The number of ether oxygens (including phenoxy) is 1. The zero-order valence-electron chi connectivity index (χ0n) is 14.9. The summed E-state index contributed by atoms with van der Waals surface area (Å²) in [7, 11) is 0. The van der Waals surface area contributed by atoms with Crippen LogP contribution in [0.25, 0.3) is 0 Å². The Hall–Kier alpha value is -2.80. The van der Waals surface area contributed by atoms with Crippen molar-refractivity contribution in [2.75, 3.05) is 5.32 Å². The normalized spacial score (nSPS) is 10.8. The highest BCUT2D eigenvalue weighted by Crippen LogP contribution is 2.17. The van der Waals surface area contributed by atoms with Gasteiger partial charge in [-0.25, -0.2) is 4.68 Å². The minimum atomic E-state index is -0.196. The average Bonchev–Trinajstić information content (AvgIpc) is 3.17. The lowest BCUT2D eigenvalue weighted by Crippen LogP contribution is -2.14. The number of nitrogens with zero attached hydrogens (tertiary/aromatic N) is 4. The molecule has 7 nitrogen and oxygen atoms in total. The van der Waals surface area contributed by atoms with Gasteiger partial charge in [-0.1, -0.05) is 11.6 Å². The van der Waals surface area contributed by atoms with Gasteiger partial charge in [-0.3, -0.25) is 9.48 Å². The van der Waals surface area contributed by atoms with Gasteiger partial charge in [0.25, 0.3) is 5.91 Å². The van der Waals surface area contributed by atoms with Crippen molar-refractivity contribution in [2.24, 2.45) is 0 Å². The van der Waals surface area contributed by atoms with E-state index in [9.17, 15) is 4.79 Å². The van der Waals surface area contributed by atoms with Crippen molar-refractivity contribution in [2.45, 2.75) is 34.0 Å².